The zero-order valence-corrected chi connectivity index (χ0v) is 30.3. The predicted molar refractivity (Wildman–Crippen MR) is 154 cm³/mol. The topological polar surface area (TPSA) is 97.3 Å². The summed E-state index contributed by atoms with van der Waals surface area (Å²) < 4.78 is 25.6. The number of hydrogen-bond donors (Lipinski definition) is 1. The van der Waals surface area contributed by atoms with E-state index in [1.54, 1.807) is 0 Å². The largest absolute Gasteiger partial charge is 1.00 e. The molecule has 0 amide bonds. The summed E-state index contributed by atoms with van der Waals surface area (Å²) in [7, 11) is 0. The van der Waals surface area contributed by atoms with Crippen molar-refractivity contribution in [2.75, 3.05) is 6.61 Å². The Morgan fingerprint density at radius 3 is 2.00 bits per heavy atom. The molecule has 0 bridgehead atoms. The molecule has 0 aromatic carbocycles. The average Bonchev–Trinajstić information content (AvgIpc) is 3.49. The summed E-state index contributed by atoms with van der Waals surface area (Å²) in [6.45, 7) is 21.7. The van der Waals surface area contributed by atoms with Gasteiger partial charge in [0.05, 0.1) is 24.4 Å². The van der Waals surface area contributed by atoms with Crippen molar-refractivity contribution in [3.05, 3.63) is 0 Å². The molecule has 1 N–H and O–H groups in total. The Hall–Kier alpha value is 0.270. The van der Waals surface area contributed by atoms with E-state index >= 15 is 0 Å². The van der Waals surface area contributed by atoms with Crippen LogP contribution in [0.2, 0.25) is 0 Å². The molecular formula is C34H57NaO7. The average molecular weight is 601 g/mol. The summed E-state index contributed by atoms with van der Waals surface area (Å²) in [4.78, 5) is 12.6. The minimum absolute atomic E-state index is 0. The first-order valence-electron chi connectivity index (χ1n) is 16.5. The third kappa shape index (κ3) is 5.94. The smallest absolute Gasteiger partial charge is 0.550 e. The van der Waals surface area contributed by atoms with Gasteiger partial charge in [-0.15, -0.1) is 0 Å². The summed E-state index contributed by atoms with van der Waals surface area (Å²) in [6.07, 6.45) is 4.87. The molecule has 2 heterocycles. The van der Waals surface area contributed by atoms with Crippen LogP contribution in [0, 0.1) is 58.2 Å². The number of aliphatic hydroxyl groups is 1. The zero-order valence-electron chi connectivity index (χ0n) is 28.3. The molecule has 5 fully saturated rings. The number of rotatable bonds is 7. The Morgan fingerprint density at radius 2 is 1.40 bits per heavy atom. The third-order valence-electron chi connectivity index (χ3n) is 12.9. The van der Waals surface area contributed by atoms with Crippen LogP contribution in [0.1, 0.15) is 108 Å². The molecule has 0 radical (unpaired) electrons. The van der Waals surface area contributed by atoms with Gasteiger partial charge in [-0.3, -0.25) is 0 Å². The standard InChI is InChI=1S/C34H58O7.Na/c1-18(2)19(3)28-29(41-32(7,8)40-28)20(4)22-11-12-23-21(17-35)24(13-14-33(22,23)9)34(10)16-27-26(15-25(34)30(36)37)38-31(5,6)39-27;/h18-29,35H,11-17H2,1-10H3,(H,36,37);/q;+1/p-1/t19-,20+,21?,22-,23+,24?,25-,26+,27-,28-,29-,33-,34-;/m1./s1. The number of carbonyl (C=O) groups is 1. The molecule has 42 heavy (non-hydrogen) atoms. The molecule has 2 unspecified atom stereocenters. The maximum atomic E-state index is 12.6. The van der Waals surface area contributed by atoms with Crippen molar-refractivity contribution >= 4 is 5.97 Å². The first-order chi connectivity index (χ1) is 18.9. The second kappa shape index (κ2) is 12.1. The van der Waals surface area contributed by atoms with Crippen LogP contribution in [0.15, 0.2) is 0 Å². The second-order valence-corrected chi connectivity index (χ2v) is 16.3. The zero-order chi connectivity index (χ0) is 30.3. The van der Waals surface area contributed by atoms with Crippen molar-refractivity contribution in [1.82, 2.24) is 0 Å². The van der Waals surface area contributed by atoms with E-state index in [0.29, 0.717) is 42.4 Å². The number of fused-ring (bicyclic) bond motifs is 2. The molecular weight excluding hydrogens is 543 g/mol. The third-order valence-corrected chi connectivity index (χ3v) is 12.9. The van der Waals surface area contributed by atoms with Gasteiger partial charge in [-0.25, -0.2) is 0 Å². The fourth-order valence-electron chi connectivity index (χ4n) is 10.6. The predicted octanol–water partition coefficient (Wildman–Crippen LogP) is 2.18. The van der Waals surface area contributed by atoms with E-state index in [4.69, 9.17) is 18.9 Å². The van der Waals surface area contributed by atoms with Crippen molar-refractivity contribution in [2.24, 2.45) is 58.2 Å². The van der Waals surface area contributed by atoms with E-state index in [2.05, 4.69) is 41.5 Å². The van der Waals surface area contributed by atoms with Gasteiger partial charge in [-0.2, -0.15) is 0 Å². The number of ether oxygens (including phenoxy) is 4. The number of hydrogen-bond acceptors (Lipinski definition) is 7. The molecule has 3 saturated carbocycles. The van der Waals surface area contributed by atoms with Crippen LogP contribution >= 0.6 is 0 Å². The summed E-state index contributed by atoms with van der Waals surface area (Å²) in [5, 5.41) is 23.6. The molecule has 2 aliphatic heterocycles. The van der Waals surface area contributed by atoms with Crippen LogP contribution in [0.25, 0.3) is 0 Å². The maximum absolute atomic E-state index is 12.6. The van der Waals surface area contributed by atoms with E-state index in [9.17, 15) is 15.0 Å². The van der Waals surface area contributed by atoms with Gasteiger partial charge in [0.2, 0.25) is 0 Å². The van der Waals surface area contributed by atoms with Gasteiger partial charge in [-0.05, 0) is 118 Å². The van der Waals surface area contributed by atoms with Crippen molar-refractivity contribution in [3.8, 4) is 0 Å². The van der Waals surface area contributed by atoms with Crippen LogP contribution in [-0.2, 0) is 23.7 Å². The van der Waals surface area contributed by atoms with E-state index in [1.165, 1.54) is 0 Å². The first kappa shape index (κ1) is 35.1. The quantitative estimate of drug-likeness (QED) is 0.448. The van der Waals surface area contributed by atoms with Gasteiger partial charge in [0, 0.05) is 18.5 Å². The maximum Gasteiger partial charge on any atom is 1.00 e. The number of aliphatic hydroxyl groups excluding tert-OH is 1. The van der Waals surface area contributed by atoms with E-state index in [-0.39, 0.29) is 77.8 Å². The normalized spacial score (nSPS) is 47.4. The number of carboxylic acids is 1. The molecule has 5 rings (SSSR count). The van der Waals surface area contributed by atoms with Gasteiger partial charge in [0.1, 0.15) is 0 Å². The van der Waals surface area contributed by atoms with Crippen molar-refractivity contribution in [2.45, 2.75) is 144 Å². The molecule has 8 heteroatoms. The van der Waals surface area contributed by atoms with Gasteiger partial charge in [-0.1, -0.05) is 41.5 Å². The molecule has 3 aliphatic carbocycles. The van der Waals surface area contributed by atoms with Crippen LogP contribution in [0.4, 0.5) is 0 Å². The van der Waals surface area contributed by atoms with Gasteiger partial charge >= 0.3 is 29.6 Å². The van der Waals surface area contributed by atoms with Crippen molar-refractivity contribution < 1.29 is 63.5 Å². The van der Waals surface area contributed by atoms with Gasteiger partial charge in [0.25, 0.3) is 0 Å². The Labute approximate surface area is 276 Å². The summed E-state index contributed by atoms with van der Waals surface area (Å²) in [5.74, 6) is -0.769. The van der Waals surface area contributed by atoms with Crippen molar-refractivity contribution in [3.63, 3.8) is 0 Å². The Bertz CT molecular complexity index is 985. The number of carbonyl (C=O) groups excluding carboxylic acids is 1. The molecule has 2 saturated heterocycles. The first-order valence-corrected chi connectivity index (χ1v) is 16.5. The number of aliphatic carboxylic acids is 1. The van der Waals surface area contributed by atoms with Crippen LogP contribution in [0.3, 0.4) is 0 Å². The fraction of sp³-hybridized carbons (Fsp3) is 0.971. The SMILES string of the molecule is CC(C)[C@@H](C)[C@H]1OC(C)(C)O[C@@H]1[C@@H](C)[C@H]1CC[C@H]2C(CO)C([C@@]3(C)C[C@H]4OC(C)(C)O[C@H]4C[C@@H]3C(=O)[O-])CC[C@]12C.[Na+]. The van der Waals surface area contributed by atoms with Crippen LogP contribution in [-0.4, -0.2) is 53.7 Å². The minimum Gasteiger partial charge on any atom is -0.550 e. The molecule has 0 aromatic rings. The van der Waals surface area contributed by atoms with Gasteiger partial charge < -0.3 is 34.0 Å². The summed E-state index contributed by atoms with van der Waals surface area (Å²) in [6, 6.07) is 0. The Kier molecular flexibility index (Phi) is 10.1. The molecule has 13 atom stereocenters. The fourth-order valence-corrected chi connectivity index (χ4v) is 10.6. The van der Waals surface area contributed by atoms with E-state index in [1.807, 2.05) is 27.7 Å². The van der Waals surface area contributed by atoms with E-state index in [0.717, 1.165) is 25.7 Å². The monoisotopic (exact) mass is 600 g/mol. The molecule has 236 valence electrons. The van der Waals surface area contributed by atoms with E-state index < -0.39 is 28.9 Å². The van der Waals surface area contributed by atoms with Crippen molar-refractivity contribution in [1.29, 1.82) is 0 Å². The molecule has 5 aliphatic rings. The summed E-state index contributed by atoms with van der Waals surface area (Å²) in [5.41, 5.74) is -0.461. The summed E-state index contributed by atoms with van der Waals surface area (Å²) >= 11 is 0. The van der Waals surface area contributed by atoms with Crippen LogP contribution < -0.4 is 34.7 Å². The minimum atomic E-state index is -0.992. The number of carboxylic acid groups (broad SMARTS) is 1. The molecule has 7 nitrogen and oxygen atoms in total. The second-order valence-electron chi connectivity index (χ2n) is 16.3. The Balaban J connectivity index is 0.00000405. The van der Waals surface area contributed by atoms with Crippen LogP contribution in [0.5, 0.6) is 0 Å². The van der Waals surface area contributed by atoms with Gasteiger partial charge in [0.15, 0.2) is 11.6 Å². The molecule has 0 aromatic heterocycles. The molecule has 0 spiro atoms. The Morgan fingerprint density at radius 1 is 0.833 bits per heavy atom.